The van der Waals surface area contributed by atoms with Gasteiger partial charge in [-0.05, 0) is 61.4 Å². The van der Waals surface area contributed by atoms with E-state index in [4.69, 9.17) is 0 Å². The van der Waals surface area contributed by atoms with E-state index >= 15 is 0 Å². The van der Waals surface area contributed by atoms with Crippen LogP contribution in [0.4, 0.5) is 0 Å². The van der Waals surface area contributed by atoms with Crippen LogP contribution in [0.15, 0.2) is 35.5 Å². The first-order valence-corrected chi connectivity index (χ1v) is 9.96. The van der Waals surface area contributed by atoms with Gasteiger partial charge in [-0.15, -0.1) is 5.10 Å². The number of benzene rings is 1. The molecule has 0 bridgehead atoms. The second kappa shape index (κ2) is 7.50. The number of hydrogen-bond donors (Lipinski definition) is 1. The molecule has 1 aromatic carbocycles. The van der Waals surface area contributed by atoms with Crippen molar-refractivity contribution in [2.75, 3.05) is 13.1 Å². The molecule has 0 spiro atoms. The number of rotatable bonds is 5. The topological polar surface area (TPSA) is 110 Å². The minimum Gasteiger partial charge on any atom is -0.354 e. The van der Waals surface area contributed by atoms with E-state index in [1.807, 2.05) is 13.8 Å². The van der Waals surface area contributed by atoms with Crippen LogP contribution in [0.3, 0.4) is 0 Å². The molecule has 26 heavy (non-hydrogen) atoms. The van der Waals surface area contributed by atoms with E-state index in [1.54, 1.807) is 12.1 Å². The Kier molecular flexibility index (Phi) is 5.33. The maximum absolute atomic E-state index is 12.9. The summed E-state index contributed by atoms with van der Waals surface area (Å²) in [7, 11) is -3.65. The minimum absolute atomic E-state index is 0.0355. The van der Waals surface area contributed by atoms with Crippen LogP contribution in [0.25, 0.3) is 5.69 Å². The van der Waals surface area contributed by atoms with Gasteiger partial charge >= 0.3 is 0 Å². The fraction of sp³-hybridized carbons (Fsp3) is 0.500. The molecular weight excluding hydrogens is 356 g/mol. The summed E-state index contributed by atoms with van der Waals surface area (Å²) in [6.07, 6.45) is 2.80. The molecule has 1 aliphatic heterocycles. The Balaban J connectivity index is 1.75. The average Bonchev–Trinajstić information content (AvgIpc) is 3.16. The normalized spacial score (nSPS) is 18.8. The molecule has 1 saturated heterocycles. The zero-order valence-electron chi connectivity index (χ0n) is 14.7. The van der Waals surface area contributed by atoms with Crippen LogP contribution in [0.1, 0.15) is 26.7 Å². The Morgan fingerprint density at radius 2 is 2.00 bits per heavy atom. The zero-order valence-corrected chi connectivity index (χ0v) is 15.6. The van der Waals surface area contributed by atoms with Gasteiger partial charge in [-0.3, -0.25) is 4.79 Å². The lowest BCUT2D eigenvalue weighted by Crippen LogP contribution is -2.46. The molecule has 1 N–H and O–H groups in total. The second-order valence-corrected chi connectivity index (χ2v) is 8.55. The van der Waals surface area contributed by atoms with Crippen molar-refractivity contribution >= 4 is 15.9 Å². The molecule has 140 valence electrons. The first-order chi connectivity index (χ1) is 12.4. The van der Waals surface area contributed by atoms with Gasteiger partial charge in [0.25, 0.3) is 0 Å². The summed E-state index contributed by atoms with van der Waals surface area (Å²) in [6.45, 7) is 4.40. The molecule has 2 heterocycles. The SMILES string of the molecule is CC(C)NC(=O)[C@H]1CCCN(S(=O)(=O)c2ccc(-n3cnnn3)cc2)C1. The lowest BCUT2D eigenvalue weighted by Gasteiger charge is -2.31. The van der Waals surface area contributed by atoms with E-state index in [9.17, 15) is 13.2 Å². The maximum atomic E-state index is 12.9. The third kappa shape index (κ3) is 3.91. The molecule has 10 heteroatoms. The van der Waals surface area contributed by atoms with E-state index in [0.29, 0.717) is 25.1 Å². The zero-order chi connectivity index (χ0) is 18.7. The Bertz CT molecular complexity index is 849. The lowest BCUT2D eigenvalue weighted by molar-refractivity contribution is -0.126. The monoisotopic (exact) mass is 378 g/mol. The molecule has 0 unspecified atom stereocenters. The number of aromatic nitrogens is 4. The van der Waals surface area contributed by atoms with Crippen LogP contribution < -0.4 is 5.32 Å². The third-order valence-electron chi connectivity index (χ3n) is 4.27. The van der Waals surface area contributed by atoms with Gasteiger partial charge in [-0.1, -0.05) is 0 Å². The van der Waals surface area contributed by atoms with Gasteiger partial charge in [0.2, 0.25) is 15.9 Å². The van der Waals surface area contributed by atoms with Crippen LogP contribution in [0, 0.1) is 5.92 Å². The Morgan fingerprint density at radius 3 is 2.62 bits per heavy atom. The number of sulfonamides is 1. The minimum atomic E-state index is -3.65. The quantitative estimate of drug-likeness (QED) is 0.815. The van der Waals surface area contributed by atoms with Gasteiger partial charge in [0.1, 0.15) is 6.33 Å². The molecule has 1 aliphatic rings. The summed E-state index contributed by atoms with van der Waals surface area (Å²) in [5, 5.41) is 13.8. The van der Waals surface area contributed by atoms with Gasteiger partial charge in [0.15, 0.2) is 0 Å². The highest BCUT2D eigenvalue weighted by atomic mass is 32.2. The summed E-state index contributed by atoms with van der Waals surface area (Å²) in [5.41, 5.74) is 0.668. The third-order valence-corrected chi connectivity index (χ3v) is 6.15. The molecule has 1 aromatic heterocycles. The van der Waals surface area contributed by atoms with Crippen LogP contribution in [0.5, 0.6) is 0 Å². The van der Waals surface area contributed by atoms with Gasteiger partial charge in [0.05, 0.1) is 16.5 Å². The summed E-state index contributed by atoms with van der Waals surface area (Å²) in [5.74, 6) is -0.407. The van der Waals surface area contributed by atoms with Crippen LogP contribution in [-0.2, 0) is 14.8 Å². The molecule has 1 atom stereocenters. The Hall–Kier alpha value is -2.33. The van der Waals surface area contributed by atoms with E-state index in [-0.39, 0.29) is 29.3 Å². The van der Waals surface area contributed by atoms with Gasteiger partial charge in [0, 0.05) is 19.1 Å². The fourth-order valence-corrected chi connectivity index (χ4v) is 4.50. The van der Waals surface area contributed by atoms with Crippen LogP contribution in [0.2, 0.25) is 0 Å². The number of carbonyl (C=O) groups excluding carboxylic acids is 1. The van der Waals surface area contributed by atoms with Gasteiger partial charge < -0.3 is 5.32 Å². The van der Waals surface area contributed by atoms with E-state index in [2.05, 4.69) is 20.8 Å². The summed E-state index contributed by atoms with van der Waals surface area (Å²) >= 11 is 0. The number of nitrogens with one attached hydrogen (secondary N) is 1. The molecule has 9 nitrogen and oxygen atoms in total. The van der Waals surface area contributed by atoms with Crippen molar-refractivity contribution in [2.45, 2.75) is 37.6 Å². The van der Waals surface area contributed by atoms with Crippen molar-refractivity contribution in [2.24, 2.45) is 5.92 Å². The van der Waals surface area contributed by atoms with Gasteiger partial charge in [-0.25, -0.2) is 13.1 Å². The molecule has 1 fully saturated rings. The maximum Gasteiger partial charge on any atom is 0.243 e. The largest absolute Gasteiger partial charge is 0.354 e. The first-order valence-electron chi connectivity index (χ1n) is 8.52. The molecule has 2 aromatic rings. The number of amides is 1. The average molecular weight is 378 g/mol. The predicted octanol–water partition coefficient (Wildman–Crippen LogP) is 0.588. The fourth-order valence-electron chi connectivity index (χ4n) is 2.98. The highest BCUT2D eigenvalue weighted by Crippen LogP contribution is 2.24. The number of nitrogens with zero attached hydrogens (tertiary/aromatic N) is 5. The van der Waals surface area contributed by atoms with E-state index in [0.717, 1.165) is 0 Å². The molecule has 0 aliphatic carbocycles. The highest BCUT2D eigenvalue weighted by molar-refractivity contribution is 7.89. The molecule has 1 amide bonds. The Morgan fingerprint density at radius 1 is 1.27 bits per heavy atom. The number of piperidine rings is 1. The summed E-state index contributed by atoms with van der Waals surface area (Å²) in [4.78, 5) is 12.4. The van der Waals surface area contributed by atoms with E-state index < -0.39 is 10.0 Å². The van der Waals surface area contributed by atoms with Crippen LogP contribution in [-0.4, -0.2) is 58.0 Å². The van der Waals surface area contributed by atoms with Crippen molar-refractivity contribution in [3.05, 3.63) is 30.6 Å². The van der Waals surface area contributed by atoms with Crippen LogP contribution >= 0.6 is 0 Å². The highest BCUT2D eigenvalue weighted by Gasteiger charge is 2.33. The second-order valence-electron chi connectivity index (χ2n) is 6.61. The lowest BCUT2D eigenvalue weighted by atomic mass is 9.98. The van der Waals surface area contributed by atoms with Crippen molar-refractivity contribution in [3.8, 4) is 5.69 Å². The van der Waals surface area contributed by atoms with E-state index in [1.165, 1.54) is 27.4 Å². The number of tetrazole rings is 1. The summed E-state index contributed by atoms with van der Waals surface area (Å²) < 4.78 is 28.7. The first kappa shape index (κ1) is 18.5. The number of carbonyl (C=O) groups is 1. The molecule has 0 saturated carbocycles. The predicted molar refractivity (Wildman–Crippen MR) is 93.9 cm³/mol. The van der Waals surface area contributed by atoms with Gasteiger partial charge in [-0.2, -0.15) is 4.31 Å². The number of hydrogen-bond acceptors (Lipinski definition) is 6. The molecular formula is C16H22N6O3S. The smallest absolute Gasteiger partial charge is 0.243 e. The van der Waals surface area contributed by atoms with Crippen molar-refractivity contribution in [1.82, 2.24) is 29.8 Å². The van der Waals surface area contributed by atoms with Crippen molar-refractivity contribution < 1.29 is 13.2 Å². The standard InChI is InChI=1S/C16H22N6O3S/c1-12(2)18-16(23)13-4-3-9-21(10-13)26(24,25)15-7-5-14(6-8-15)22-11-17-19-20-22/h5-8,11-13H,3-4,9-10H2,1-2H3,(H,18,23)/t13-/m0/s1. The van der Waals surface area contributed by atoms with Crippen molar-refractivity contribution in [3.63, 3.8) is 0 Å². The molecule has 3 rings (SSSR count). The molecule has 0 radical (unpaired) electrons. The summed E-state index contributed by atoms with van der Waals surface area (Å²) in [6, 6.07) is 6.40. The van der Waals surface area contributed by atoms with Crippen molar-refractivity contribution in [1.29, 1.82) is 0 Å². The Labute approximate surface area is 152 Å².